The number of aliphatic hydroxyl groups is 2. The number of aliphatic hydroxyl groups excluding tert-OH is 2. The highest BCUT2D eigenvalue weighted by Gasteiger charge is 2.17. The van der Waals surface area contributed by atoms with E-state index >= 15 is 0 Å². The second-order valence-corrected chi connectivity index (χ2v) is 3.82. The monoisotopic (exact) mass is 203 g/mol. The fraction of sp³-hybridized carbons (Fsp3) is 1.00. The van der Waals surface area contributed by atoms with Gasteiger partial charge in [-0.25, -0.2) is 0 Å². The molecule has 1 saturated heterocycles. The first kappa shape index (κ1) is 13.9. The van der Waals surface area contributed by atoms with Crippen LogP contribution < -0.4 is 0 Å². The third-order valence-corrected chi connectivity index (χ3v) is 2.56. The number of β-amino-alcohol motifs (C(OH)–C–C–N with tert-alkyl or cyclic N) is 1. The standard InChI is InChI=1S/C9H19NO2.C2H6/c1-8-2-4-10(5-3-8)6-9(12)7-11;1-2/h8-9,11-12H,2-7H2,1H3;1-2H3. The van der Waals surface area contributed by atoms with Gasteiger partial charge in [0.05, 0.1) is 12.7 Å². The van der Waals surface area contributed by atoms with Gasteiger partial charge in [-0.05, 0) is 31.8 Å². The third kappa shape index (κ3) is 5.58. The van der Waals surface area contributed by atoms with Gasteiger partial charge in [0, 0.05) is 6.54 Å². The number of hydrogen-bond acceptors (Lipinski definition) is 3. The van der Waals surface area contributed by atoms with Crippen molar-refractivity contribution in [2.24, 2.45) is 5.92 Å². The number of rotatable bonds is 3. The van der Waals surface area contributed by atoms with E-state index in [1.807, 2.05) is 13.8 Å². The first-order valence-electron chi connectivity index (χ1n) is 5.73. The van der Waals surface area contributed by atoms with Crippen molar-refractivity contribution in [3.63, 3.8) is 0 Å². The highest BCUT2D eigenvalue weighted by molar-refractivity contribution is 4.71. The molecule has 1 atom stereocenters. The van der Waals surface area contributed by atoms with E-state index in [-0.39, 0.29) is 6.61 Å². The lowest BCUT2D eigenvalue weighted by Gasteiger charge is -2.31. The molecule has 1 rings (SSSR count). The van der Waals surface area contributed by atoms with Crippen LogP contribution in [0.3, 0.4) is 0 Å². The SMILES string of the molecule is CC.CC1CCN(CC(O)CO)CC1. The molecule has 1 unspecified atom stereocenters. The first-order chi connectivity index (χ1) is 6.72. The van der Waals surface area contributed by atoms with Crippen molar-refractivity contribution in [3.8, 4) is 0 Å². The Kier molecular flexibility index (Phi) is 8.14. The van der Waals surface area contributed by atoms with Gasteiger partial charge in [0.2, 0.25) is 0 Å². The van der Waals surface area contributed by atoms with E-state index in [0.29, 0.717) is 6.54 Å². The number of nitrogens with zero attached hydrogens (tertiary/aromatic N) is 1. The summed E-state index contributed by atoms with van der Waals surface area (Å²) in [5, 5.41) is 17.8. The van der Waals surface area contributed by atoms with Crippen LogP contribution in [0.5, 0.6) is 0 Å². The van der Waals surface area contributed by atoms with Crippen molar-refractivity contribution in [1.82, 2.24) is 4.90 Å². The van der Waals surface area contributed by atoms with Crippen LogP contribution in [-0.4, -0.2) is 47.5 Å². The molecule has 2 N–H and O–H groups in total. The van der Waals surface area contributed by atoms with E-state index < -0.39 is 6.10 Å². The molecule has 0 aliphatic carbocycles. The minimum atomic E-state index is -0.557. The number of piperidine rings is 1. The van der Waals surface area contributed by atoms with Gasteiger partial charge >= 0.3 is 0 Å². The van der Waals surface area contributed by atoms with E-state index in [0.717, 1.165) is 19.0 Å². The van der Waals surface area contributed by atoms with E-state index in [1.54, 1.807) is 0 Å². The van der Waals surface area contributed by atoms with E-state index in [4.69, 9.17) is 5.11 Å². The van der Waals surface area contributed by atoms with Gasteiger partial charge in [0.1, 0.15) is 0 Å². The van der Waals surface area contributed by atoms with Crippen LogP contribution in [0.4, 0.5) is 0 Å². The van der Waals surface area contributed by atoms with Crippen molar-refractivity contribution in [2.75, 3.05) is 26.2 Å². The van der Waals surface area contributed by atoms with Gasteiger partial charge in [0.15, 0.2) is 0 Å². The Morgan fingerprint density at radius 2 is 1.79 bits per heavy atom. The summed E-state index contributed by atoms with van der Waals surface area (Å²) < 4.78 is 0. The molecular formula is C11H25NO2. The molecule has 1 aliphatic rings. The van der Waals surface area contributed by atoms with Crippen molar-refractivity contribution in [1.29, 1.82) is 0 Å². The molecule has 0 amide bonds. The normalized spacial score (nSPS) is 21.2. The quantitative estimate of drug-likeness (QED) is 0.722. The summed E-state index contributed by atoms with van der Waals surface area (Å²) in [5.41, 5.74) is 0. The van der Waals surface area contributed by atoms with Crippen LogP contribution in [0.25, 0.3) is 0 Å². The summed E-state index contributed by atoms with van der Waals surface area (Å²) in [4.78, 5) is 2.22. The van der Waals surface area contributed by atoms with E-state index in [2.05, 4.69) is 11.8 Å². The second kappa shape index (κ2) is 8.21. The summed E-state index contributed by atoms with van der Waals surface area (Å²) in [6.45, 7) is 8.91. The maximum absolute atomic E-state index is 9.18. The molecule has 86 valence electrons. The number of hydrogen-bond donors (Lipinski definition) is 2. The molecule has 0 spiro atoms. The summed E-state index contributed by atoms with van der Waals surface area (Å²) in [5.74, 6) is 0.826. The average molecular weight is 203 g/mol. The minimum absolute atomic E-state index is 0.119. The molecule has 1 aliphatic heterocycles. The Morgan fingerprint density at radius 3 is 2.21 bits per heavy atom. The Labute approximate surface area is 87.7 Å². The maximum Gasteiger partial charge on any atom is 0.0897 e. The van der Waals surface area contributed by atoms with E-state index in [9.17, 15) is 5.11 Å². The highest BCUT2D eigenvalue weighted by Crippen LogP contribution is 2.15. The smallest absolute Gasteiger partial charge is 0.0897 e. The Morgan fingerprint density at radius 1 is 1.29 bits per heavy atom. The van der Waals surface area contributed by atoms with E-state index in [1.165, 1.54) is 12.8 Å². The van der Waals surface area contributed by atoms with Crippen LogP contribution >= 0.6 is 0 Å². The molecule has 0 radical (unpaired) electrons. The van der Waals surface area contributed by atoms with Crippen LogP contribution in [0.2, 0.25) is 0 Å². The molecule has 3 heteroatoms. The predicted molar refractivity (Wildman–Crippen MR) is 59.3 cm³/mol. The van der Waals surface area contributed by atoms with Gasteiger partial charge in [-0.1, -0.05) is 20.8 Å². The molecule has 0 saturated carbocycles. The van der Waals surface area contributed by atoms with Crippen LogP contribution in [0, 0.1) is 5.92 Å². The largest absolute Gasteiger partial charge is 0.394 e. The lowest BCUT2D eigenvalue weighted by atomic mass is 9.99. The zero-order chi connectivity index (χ0) is 11.0. The van der Waals surface area contributed by atoms with Gasteiger partial charge in [-0.2, -0.15) is 0 Å². The van der Waals surface area contributed by atoms with Crippen LogP contribution in [0.15, 0.2) is 0 Å². The molecule has 1 fully saturated rings. The molecule has 0 bridgehead atoms. The van der Waals surface area contributed by atoms with Crippen molar-refractivity contribution >= 4 is 0 Å². The van der Waals surface area contributed by atoms with Crippen molar-refractivity contribution < 1.29 is 10.2 Å². The second-order valence-electron chi connectivity index (χ2n) is 3.82. The topological polar surface area (TPSA) is 43.7 Å². The average Bonchev–Trinajstić information content (AvgIpc) is 2.24. The molecule has 0 aromatic heterocycles. The minimum Gasteiger partial charge on any atom is -0.394 e. The fourth-order valence-electron chi connectivity index (χ4n) is 1.60. The zero-order valence-electron chi connectivity index (χ0n) is 9.74. The first-order valence-corrected chi connectivity index (χ1v) is 5.73. The van der Waals surface area contributed by atoms with Crippen molar-refractivity contribution in [2.45, 2.75) is 39.7 Å². The zero-order valence-corrected chi connectivity index (χ0v) is 9.74. The molecule has 3 nitrogen and oxygen atoms in total. The summed E-state index contributed by atoms with van der Waals surface area (Å²) in [7, 11) is 0. The molecule has 0 aromatic rings. The summed E-state index contributed by atoms with van der Waals surface area (Å²) >= 11 is 0. The van der Waals surface area contributed by atoms with Gasteiger partial charge in [-0.3, -0.25) is 0 Å². The molecule has 0 aromatic carbocycles. The predicted octanol–water partition coefficient (Wildman–Crippen LogP) is 1.10. The van der Waals surface area contributed by atoms with Crippen LogP contribution in [-0.2, 0) is 0 Å². The van der Waals surface area contributed by atoms with Crippen molar-refractivity contribution in [3.05, 3.63) is 0 Å². The third-order valence-electron chi connectivity index (χ3n) is 2.56. The molecule has 1 heterocycles. The van der Waals surface area contributed by atoms with Crippen LogP contribution in [0.1, 0.15) is 33.6 Å². The Balaban J connectivity index is 0.000000791. The fourth-order valence-corrected chi connectivity index (χ4v) is 1.60. The summed E-state index contributed by atoms with van der Waals surface area (Å²) in [6.07, 6.45) is 1.88. The molecule has 14 heavy (non-hydrogen) atoms. The lowest BCUT2D eigenvalue weighted by molar-refractivity contribution is 0.0485. The maximum atomic E-state index is 9.18. The Hall–Kier alpha value is -0.120. The summed E-state index contributed by atoms with van der Waals surface area (Å²) in [6, 6.07) is 0. The highest BCUT2D eigenvalue weighted by atomic mass is 16.3. The lowest BCUT2D eigenvalue weighted by Crippen LogP contribution is -2.39. The van der Waals surface area contributed by atoms with Gasteiger partial charge < -0.3 is 15.1 Å². The molecular weight excluding hydrogens is 178 g/mol. The van der Waals surface area contributed by atoms with Gasteiger partial charge in [-0.15, -0.1) is 0 Å². The number of likely N-dealkylation sites (tertiary alicyclic amines) is 1. The Bertz CT molecular complexity index is 122. The van der Waals surface area contributed by atoms with Gasteiger partial charge in [0.25, 0.3) is 0 Å².